The summed E-state index contributed by atoms with van der Waals surface area (Å²) in [4.78, 5) is 5.85. The molecule has 21 heavy (non-hydrogen) atoms. The van der Waals surface area contributed by atoms with Crippen molar-refractivity contribution in [2.45, 2.75) is 13.0 Å². The normalized spacial score (nSPS) is 12.3. The molecule has 0 aliphatic rings. The van der Waals surface area contributed by atoms with Crippen molar-refractivity contribution in [2.24, 2.45) is 0 Å². The first kappa shape index (κ1) is 13.5. The van der Waals surface area contributed by atoms with Gasteiger partial charge in [-0.3, -0.25) is 4.98 Å². The number of hydrogen-bond acceptors (Lipinski definition) is 4. The van der Waals surface area contributed by atoms with Crippen LogP contribution in [0.4, 0.5) is 0 Å². The second-order valence-corrected chi connectivity index (χ2v) is 4.85. The van der Waals surface area contributed by atoms with Crippen LogP contribution in [0.3, 0.4) is 0 Å². The van der Waals surface area contributed by atoms with E-state index in [2.05, 4.69) is 27.4 Å². The highest BCUT2D eigenvalue weighted by atomic mass is 15.5. The molecule has 5 nitrogen and oxygen atoms in total. The van der Waals surface area contributed by atoms with Gasteiger partial charge in [0.25, 0.3) is 0 Å². The molecule has 0 spiro atoms. The predicted octanol–water partition coefficient (Wildman–Crippen LogP) is 2.28. The number of para-hydroxylation sites is 1. The Hall–Kier alpha value is -2.53. The molecule has 3 aromatic rings. The van der Waals surface area contributed by atoms with Gasteiger partial charge in [0.1, 0.15) is 5.69 Å². The van der Waals surface area contributed by atoms with E-state index in [0.717, 1.165) is 16.9 Å². The molecule has 3 rings (SSSR count). The fourth-order valence-corrected chi connectivity index (χ4v) is 2.33. The highest BCUT2D eigenvalue weighted by Crippen LogP contribution is 2.22. The zero-order valence-electron chi connectivity index (χ0n) is 12.1. The first-order valence-corrected chi connectivity index (χ1v) is 6.85. The lowest BCUT2D eigenvalue weighted by molar-refractivity contribution is 0.644. The lowest BCUT2D eigenvalue weighted by Gasteiger charge is -2.15. The van der Waals surface area contributed by atoms with Crippen LogP contribution in [0.25, 0.3) is 5.69 Å². The number of pyridine rings is 1. The Morgan fingerprint density at radius 2 is 1.90 bits per heavy atom. The van der Waals surface area contributed by atoms with Crippen LogP contribution in [-0.4, -0.2) is 27.0 Å². The number of hydrogen-bond donors (Lipinski definition) is 1. The van der Waals surface area contributed by atoms with Crippen molar-refractivity contribution in [1.29, 1.82) is 0 Å². The summed E-state index contributed by atoms with van der Waals surface area (Å²) in [5, 5.41) is 12.2. The van der Waals surface area contributed by atoms with Gasteiger partial charge in [0, 0.05) is 12.4 Å². The molecule has 0 saturated heterocycles. The van der Waals surface area contributed by atoms with Crippen molar-refractivity contribution >= 4 is 0 Å². The molecule has 0 aliphatic carbocycles. The Morgan fingerprint density at radius 1 is 1.10 bits per heavy atom. The fourth-order valence-electron chi connectivity index (χ4n) is 2.33. The van der Waals surface area contributed by atoms with Gasteiger partial charge in [-0.2, -0.15) is 15.0 Å². The molecule has 0 fully saturated rings. The standard InChI is InChI=1S/C16H17N5/c1-12-8-9-18-10-14(12)16(17-2)15-11-19-21(20-15)13-6-4-3-5-7-13/h3-11,16-17H,1-2H3. The highest BCUT2D eigenvalue weighted by molar-refractivity contribution is 5.32. The molecule has 1 atom stereocenters. The summed E-state index contributed by atoms with van der Waals surface area (Å²) in [5.41, 5.74) is 4.11. The van der Waals surface area contributed by atoms with E-state index >= 15 is 0 Å². The van der Waals surface area contributed by atoms with E-state index < -0.39 is 0 Å². The summed E-state index contributed by atoms with van der Waals surface area (Å²) < 4.78 is 0. The van der Waals surface area contributed by atoms with Gasteiger partial charge in [-0.25, -0.2) is 0 Å². The Labute approximate surface area is 123 Å². The van der Waals surface area contributed by atoms with E-state index in [1.165, 1.54) is 5.56 Å². The zero-order chi connectivity index (χ0) is 14.7. The molecule has 0 radical (unpaired) electrons. The third-order valence-electron chi connectivity index (χ3n) is 3.47. The Balaban J connectivity index is 1.96. The maximum Gasteiger partial charge on any atom is 0.105 e. The minimum atomic E-state index is -0.0174. The smallest absolute Gasteiger partial charge is 0.105 e. The number of aryl methyl sites for hydroxylation is 1. The molecule has 0 bridgehead atoms. The van der Waals surface area contributed by atoms with Gasteiger partial charge in [0.15, 0.2) is 0 Å². The Bertz CT molecular complexity index is 720. The summed E-state index contributed by atoms with van der Waals surface area (Å²) in [6.45, 7) is 2.07. The lowest BCUT2D eigenvalue weighted by Crippen LogP contribution is -2.19. The molecule has 2 heterocycles. The Morgan fingerprint density at radius 3 is 2.62 bits per heavy atom. The van der Waals surface area contributed by atoms with E-state index in [1.807, 2.05) is 49.6 Å². The molecular weight excluding hydrogens is 262 g/mol. The van der Waals surface area contributed by atoms with E-state index in [-0.39, 0.29) is 6.04 Å². The molecule has 5 heteroatoms. The van der Waals surface area contributed by atoms with Crippen LogP contribution < -0.4 is 5.32 Å². The van der Waals surface area contributed by atoms with Crippen LogP contribution in [0.15, 0.2) is 55.0 Å². The minimum absolute atomic E-state index is 0.0174. The predicted molar refractivity (Wildman–Crippen MR) is 81.2 cm³/mol. The summed E-state index contributed by atoms with van der Waals surface area (Å²) in [5.74, 6) is 0. The van der Waals surface area contributed by atoms with Gasteiger partial charge in [-0.05, 0) is 43.3 Å². The number of rotatable bonds is 4. The van der Waals surface area contributed by atoms with Crippen LogP contribution in [0.1, 0.15) is 22.9 Å². The number of nitrogens with one attached hydrogen (secondary N) is 1. The van der Waals surface area contributed by atoms with E-state index in [0.29, 0.717) is 0 Å². The highest BCUT2D eigenvalue weighted by Gasteiger charge is 2.18. The molecule has 0 saturated carbocycles. The van der Waals surface area contributed by atoms with Crippen molar-refractivity contribution in [1.82, 2.24) is 25.3 Å². The number of aromatic nitrogens is 4. The van der Waals surface area contributed by atoms with Crippen molar-refractivity contribution in [2.75, 3.05) is 7.05 Å². The SMILES string of the molecule is CNC(c1cnn(-c2ccccc2)n1)c1cnccc1C. The van der Waals surface area contributed by atoms with Gasteiger partial charge in [-0.1, -0.05) is 18.2 Å². The molecule has 2 aromatic heterocycles. The number of benzene rings is 1. The second kappa shape index (κ2) is 5.85. The molecule has 1 N–H and O–H groups in total. The van der Waals surface area contributed by atoms with Crippen LogP contribution in [0, 0.1) is 6.92 Å². The minimum Gasteiger partial charge on any atom is -0.308 e. The lowest BCUT2D eigenvalue weighted by atomic mass is 10.0. The van der Waals surface area contributed by atoms with E-state index in [4.69, 9.17) is 0 Å². The average molecular weight is 279 g/mol. The summed E-state index contributed by atoms with van der Waals surface area (Å²) >= 11 is 0. The monoisotopic (exact) mass is 279 g/mol. The first-order chi connectivity index (χ1) is 10.3. The number of nitrogens with zero attached hydrogens (tertiary/aromatic N) is 4. The van der Waals surface area contributed by atoms with Gasteiger partial charge in [0.2, 0.25) is 0 Å². The van der Waals surface area contributed by atoms with Crippen molar-refractivity contribution in [3.8, 4) is 5.69 Å². The van der Waals surface area contributed by atoms with Gasteiger partial charge in [-0.15, -0.1) is 0 Å². The third-order valence-corrected chi connectivity index (χ3v) is 3.47. The second-order valence-electron chi connectivity index (χ2n) is 4.85. The van der Waals surface area contributed by atoms with Crippen molar-refractivity contribution < 1.29 is 0 Å². The van der Waals surface area contributed by atoms with Crippen molar-refractivity contribution in [3.63, 3.8) is 0 Å². The van der Waals surface area contributed by atoms with Gasteiger partial charge < -0.3 is 5.32 Å². The first-order valence-electron chi connectivity index (χ1n) is 6.85. The summed E-state index contributed by atoms with van der Waals surface area (Å²) in [7, 11) is 1.92. The maximum absolute atomic E-state index is 4.58. The summed E-state index contributed by atoms with van der Waals surface area (Å²) in [6, 6.07) is 11.9. The topological polar surface area (TPSA) is 55.6 Å². The van der Waals surface area contributed by atoms with Gasteiger partial charge >= 0.3 is 0 Å². The molecule has 1 unspecified atom stereocenters. The van der Waals surface area contributed by atoms with Crippen LogP contribution >= 0.6 is 0 Å². The van der Waals surface area contributed by atoms with Crippen LogP contribution in [0.5, 0.6) is 0 Å². The quantitative estimate of drug-likeness (QED) is 0.796. The van der Waals surface area contributed by atoms with Crippen molar-refractivity contribution in [3.05, 3.63) is 71.8 Å². The average Bonchev–Trinajstić information content (AvgIpc) is 3.00. The molecular formula is C16H17N5. The molecule has 0 aliphatic heterocycles. The molecule has 0 amide bonds. The maximum atomic E-state index is 4.58. The largest absolute Gasteiger partial charge is 0.308 e. The summed E-state index contributed by atoms with van der Waals surface area (Å²) in [6.07, 6.45) is 5.46. The Kier molecular flexibility index (Phi) is 3.75. The molecule has 1 aromatic carbocycles. The third kappa shape index (κ3) is 2.68. The van der Waals surface area contributed by atoms with E-state index in [9.17, 15) is 0 Å². The molecule has 106 valence electrons. The van der Waals surface area contributed by atoms with Crippen LogP contribution in [-0.2, 0) is 0 Å². The van der Waals surface area contributed by atoms with E-state index in [1.54, 1.807) is 17.2 Å². The zero-order valence-corrected chi connectivity index (χ0v) is 12.1. The fraction of sp³-hybridized carbons (Fsp3) is 0.188. The van der Waals surface area contributed by atoms with Gasteiger partial charge in [0.05, 0.1) is 17.9 Å². The van der Waals surface area contributed by atoms with Crippen LogP contribution in [0.2, 0.25) is 0 Å².